The lowest BCUT2D eigenvalue weighted by Gasteiger charge is -2.31. The number of rotatable bonds is 4. The monoisotopic (exact) mass is 391 g/mol. The first-order chi connectivity index (χ1) is 14.0. The van der Waals surface area contributed by atoms with Crippen LogP contribution in [-0.2, 0) is 4.79 Å². The molecule has 6 nitrogen and oxygen atoms in total. The van der Waals surface area contributed by atoms with E-state index in [1.54, 1.807) is 23.2 Å². The van der Waals surface area contributed by atoms with Crippen LogP contribution in [0.2, 0.25) is 0 Å². The first-order valence-corrected chi connectivity index (χ1v) is 10.2. The van der Waals surface area contributed by atoms with Crippen LogP contribution in [0.1, 0.15) is 57.2 Å². The molecule has 2 aromatic rings. The molecule has 2 saturated heterocycles. The van der Waals surface area contributed by atoms with E-state index in [1.807, 2.05) is 31.2 Å². The molecule has 29 heavy (non-hydrogen) atoms. The summed E-state index contributed by atoms with van der Waals surface area (Å²) in [5, 5.41) is 2.80. The number of carbonyl (C=O) groups excluding carboxylic acids is 3. The minimum atomic E-state index is -0.220. The number of aryl methyl sites for hydroxylation is 1. The number of ketones is 1. The number of nitrogens with zero attached hydrogens (tertiary/aromatic N) is 2. The Morgan fingerprint density at radius 3 is 2.28 bits per heavy atom. The molecule has 2 aliphatic rings. The number of hydrogen-bond acceptors (Lipinski definition) is 4. The molecule has 0 spiro atoms. The zero-order valence-electron chi connectivity index (χ0n) is 16.6. The number of hydrogen-bond donors (Lipinski definition) is 1. The molecule has 150 valence electrons. The Bertz CT molecular complexity index is 913. The SMILES string of the molecule is Cc1ccc(C(=O)C2CCN(C(=O)c3ccc(C4CCNC4=O)nc3)CC2)cc1. The van der Waals surface area contributed by atoms with Crippen LogP contribution >= 0.6 is 0 Å². The highest BCUT2D eigenvalue weighted by Gasteiger charge is 2.30. The number of likely N-dealkylation sites (tertiary alicyclic amines) is 1. The molecule has 1 unspecified atom stereocenters. The average molecular weight is 391 g/mol. The second-order valence-electron chi connectivity index (χ2n) is 7.90. The van der Waals surface area contributed by atoms with Crippen molar-refractivity contribution >= 4 is 17.6 Å². The van der Waals surface area contributed by atoms with Gasteiger partial charge in [0, 0.05) is 37.3 Å². The number of Topliss-reactive ketones (excluding diaryl/α,β-unsaturated/α-hetero) is 1. The predicted molar refractivity (Wildman–Crippen MR) is 109 cm³/mol. The van der Waals surface area contributed by atoms with Crippen LogP contribution in [0.5, 0.6) is 0 Å². The van der Waals surface area contributed by atoms with Gasteiger partial charge in [0.25, 0.3) is 5.91 Å². The van der Waals surface area contributed by atoms with Gasteiger partial charge in [-0.15, -0.1) is 0 Å². The molecule has 2 amide bonds. The van der Waals surface area contributed by atoms with Gasteiger partial charge in [0.2, 0.25) is 5.91 Å². The summed E-state index contributed by atoms with van der Waals surface area (Å²) in [5.74, 6) is -0.165. The number of carbonyl (C=O) groups is 3. The highest BCUT2D eigenvalue weighted by Crippen LogP contribution is 2.25. The quantitative estimate of drug-likeness (QED) is 0.813. The average Bonchev–Trinajstić information content (AvgIpc) is 3.19. The second kappa shape index (κ2) is 8.15. The van der Waals surface area contributed by atoms with Gasteiger partial charge >= 0.3 is 0 Å². The van der Waals surface area contributed by atoms with Gasteiger partial charge in [-0.25, -0.2) is 0 Å². The van der Waals surface area contributed by atoms with E-state index in [1.165, 1.54) is 0 Å². The van der Waals surface area contributed by atoms with Gasteiger partial charge in [-0.3, -0.25) is 19.4 Å². The third kappa shape index (κ3) is 4.06. The number of benzene rings is 1. The first-order valence-electron chi connectivity index (χ1n) is 10.2. The van der Waals surface area contributed by atoms with E-state index in [2.05, 4.69) is 10.3 Å². The summed E-state index contributed by atoms with van der Waals surface area (Å²) < 4.78 is 0. The van der Waals surface area contributed by atoms with Gasteiger partial charge in [0.05, 0.1) is 17.2 Å². The zero-order valence-corrected chi connectivity index (χ0v) is 16.6. The molecule has 0 saturated carbocycles. The third-order valence-corrected chi connectivity index (χ3v) is 5.93. The molecule has 3 heterocycles. The fourth-order valence-corrected chi connectivity index (χ4v) is 4.10. The van der Waals surface area contributed by atoms with Crippen molar-refractivity contribution in [3.8, 4) is 0 Å². The number of amides is 2. The number of aromatic nitrogens is 1. The Labute approximate surface area is 170 Å². The lowest BCUT2D eigenvalue weighted by atomic mass is 9.88. The third-order valence-electron chi connectivity index (χ3n) is 5.93. The summed E-state index contributed by atoms with van der Waals surface area (Å²) in [7, 11) is 0. The van der Waals surface area contributed by atoms with Crippen LogP contribution in [0, 0.1) is 12.8 Å². The number of piperidine rings is 1. The van der Waals surface area contributed by atoms with Gasteiger partial charge in [-0.05, 0) is 38.3 Å². The normalized spacial score (nSPS) is 19.8. The van der Waals surface area contributed by atoms with Crippen molar-refractivity contribution in [1.29, 1.82) is 0 Å². The molecular formula is C23H25N3O3. The second-order valence-corrected chi connectivity index (χ2v) is 7.90. The Kier molecular flexibility index (Phi) is 5.43. The van der Waals surface area contributed by atoms with Crippen LogP contribution < -0.4 is 5.32 Å². The van der Waals surface area contributed by atoms with Crippen LogP contribution in [0.4, 0.5) is 0 Å². The Morgan fingerprint density at radius 2 is 1.69 bits per heavy atom. The Morgan fingerprint density at radius 1 is 1.00 bits per heavy atom. The van der Waals surface area contributed by atoms with Crippen molar-refractivity contribution in [3.05, 3.63) is 65.0 Å². The van der Waals surface area contributed by atoms with Gasteiger partial charge in [0.15, 0.2) is 5.78 Å². The van der Waals surface area contributed by atoms with Crippen molar-refractivity contribution < 1.29 is 14.4 Å². The van der Waals surface area contributed by atoms with E-state index in [0.717, 1.165) is 17.5 Å². The van der Waals surface area contributed by atoms with E-state index < -0.39 is 0 Å². The maximum Gasteiger partial charge on any atom is 0.255 e. The van der Waals surface area contributed by atoms with E-state index >= 15 is 0 Å². The van der Waals surface area contributed by atoms with Gasteiger partial charge < -0.3 is 10.2 Å². The van der Waals surface area contributed by atoms with Crippen molar-refractivity contribution in [1.82, 2.24) is 15.2 Å². The van der Waals surface area contributed by atoms with E-state index in [0.29, 0.717) is 43.7 Å². The molecule has 2 fully saturated rings. The molecule has 1 atom stereocenters. The Balaban J connectivity index is 1.35. The molecule has 0 radical (unpaired) electrons. The molecule has 1 N–H and O–H groups in total. The van der Waals surface area contributed by atoms with E-state index in [9.17, 15) is 14.4 Å². The fraction of sp³-hybridized carbons (Fsp3) is 0.391. The highest BCUT2D eigenvalue weighted by atomic mass is 16.2. The largest absolute Gasteiger partial charge is 0.355 e. The summed E-state index contributed by atoms with van der Waals surface area (Å²) in [4.78, 5) is 43.4. The van der Waals surface area contributed by atoms with Gasteiger partial charge in [-0.2, -0.15) is 0 Å². The molecule has 0 bridgehead atoms. The van der Waals surface area contributed by atoms with Crippen molar-refractivity contribution in [2.75, 3.05) is 19.6 Å². The molecule has 2 aliphatic heterocycles. The van der Waals surface area contributed by atoms with Crippen LogP contribution in [-0.4, -0.2) is 47.1 Å². The first kappa shape index (κ1) is 19.3. The summed E-state index contributed by atoms with van der Waals surface area (Å²) in [6, 6.07) is 11.2. The Hall–Kier alpha value is -3.02. The number of pyridine rings is 1. The minimum Gasteiger partial charge on any atom is -0.355 e. The van der Waals surface area contributed by atoms with Crippen LogP contribution in [0.3, 0.4) is 0 Å². The predicted octanol–water partition coefficient (Wildman–Crippen LogP) is 2.73. The van der Waals surface area contributed by atoms with Crippen LogP contribution in [0.25, 0.3) is 0 Å². The molecule has 6 heteroatoms. The lowest BCUT2D eigenvalue weighted by molar-refractivity contribution is -0.120. The standard InChI is InChI=1S/C23H25N3O3/c1-15-2-4-16(5-3-15)21(27)17-9-12-26(13-10-17)23(29)18-6-7-20(25-14-18)19-8-11-24-22(19)28/h2-7,14,17,19H,8-13H2,1H3,(H,24,28). The molecule has 1 aromatic heterocycles. The lowest BCUT2D eigenvalue weighted by Crippen LogP contribution is -2.40. The maximum absolute atomic E-state index is 12.8. The van der Waals surface area contributed by atoms with Crippen molar-refractivity contribution in [2.45, 2.75) is 32.1 Å². The summed E-state index contributed by atoms with van der Waals surface area (Å²) in [6.45, 7) is 3.80. The number of nitrogens with one attached hydrogen (secondary N) is 1. The topological polar surface area (TPSA) is 79.4 Å². The van der Waals surface area contributed by atoms with Crippen molar-refractivity contribution in [3.63, 3.8) is 0 Å². The molecular weight excluding hydrogens is 366 g/mol. The summed E-state index contributed by atoms with van der Waals surface area (Å²) >= 11 is 0. The van der Waals surface area contributed by atoms with E-state index in [-0.39, 0.29) is 29.4 Å². The summed E-state index contributed by atoms with van der Waals surface area (Å²) in [5.41, 5.74) is 3.11. The maximum atomic E-state index is 12.8. The smallest absolute Gasteiger partial charge is 0.255 e. The summed E-state index contributed by atoms with van der Waals surface area (Å²) in [6.07, 6.45) is 3.65. The van der Waals surface area contributed by atoms with Crippen LogP contribution in [0.15, 0.2) is 42.6 Å². The molecule has 4 rings (SSSR count). The van der Waals surface area contributed by atoms with Crippen molar-refractivity contribution in [2.24, 2.45) is 5.92 Å². The zero-order chi connectivity index (χ0) is 20.4. The highest BCUT2D eigenvalue weighted by molar-refractivity contribution is 5.98. The minimum absolute atomic E-state index is 0.00288. The fourth-order valence-electron chi connectivity index (χ4n) is 4.10. The molecule has 0 aliphatic carbocycles. The van der Waals surface area contributed by atoms with E-state index in [4.69, 9.17) is 0 Å². The molecule has 1 aromatic carbocycles. The van der Waals surface area contributed by atoms with Gasteiger partial charge in [-0.1, -0.05) is 29.8 Å². The van der Waals surface area contributed by atoms with Gasteiger partial charge in [0.1, 0.15) is 0 Å².